The second kappa shape index (κ2) is 8.93. The Morgan fingerprint density at radius 2 is 1.59 bits per heavy atom. The number of likely N-dealkylation sites (N-methyl/N-ethyl adjacent to an activating group) is 1. The minimum Gasteiger partial charge on any atom is -0.488 e. The van der Waals surface area contributed by atoms with Gasteiger partial charge in [0.1, 0.15) is 18.2 Å². The normalized spacial score (nSPS) is 11.1. The van der Waals surface area contributed by atoms with E-state index >= 15 is 0 Å². The first-order chi connectivity index (χ1) is 14.3. The van der Waals surface area contributed by atoms with Crippen LogP contribution in [0.2, 0.25) is 0 Å². The summed E-state index contributed by atoms with van der Waals surface area (Å²) in [7, 11) is 1.93. The number of fused-ring (bicyclic) bond motifs is 1. The van der Waals surface area contributed by atoms with Crippen LogP contribution in [0.25, 0.3) is 10.9 Å². The molecule has 0 saturated carbocycles. The predicted molar refractivity (Wildman–Crippen MR) is 116 cm³/mol. The molecule has 0 saturated heterocycles. The maximum Gasteiger partial charge on any atom is 0.147 e. The maximum atomic E-state index is 14.9. The Labute approximate surface area is 170 Å². The summed E-state index contributed by atoms with van der Waals surface area (Å²) >= 11 is 0. The van der Waals surface area contributed by atoms with Gasteiger partial charge in [-0.2, -0.15) is 0 Å². The number of halogens is 1. The molecule has 0 aliphatic rings. The van der Waals surface area contributed by atoms with Crippen molar-refractivity contribution in [2.75, 3.05) is 13.6 Å². The summed E-state index contributed by atoms with van der Waals surface area (Å²) in [5.74, 6) is 0.502. The summed E-state index contributed by atoms with van der Waals surface area (Å²) in [6, 6.07) is 23.4. The first-order valence-electron chi connectivity index (χ1n) is 9.91. The van der Waals surface area contributed by atoms with E-state index in [0.29, 0.717) is 18.7 Å². The van der Waals surface area contributed by atoms with E-state index in [1.165, 1.54) is 6.07 Å². The van der Waals surface area contributed by atoms with E-state index < -0.39 is 0 Å². The fourth-order valence-corrected chi connectivity index (χ4v) is 3.67. The van der Waals surface area contributed by atoms with Crippen molar-refractivity contribution < 1.29 is 9.13 Å². The molecular weight excluding hydrogens is 363 g/mol. The van der Waals surface area contributed by atoms with Crippen molar-refractivity contribution in [2.24, 2.45) is 0 Å². The van der Waals surface area contributed by atoms with Crippen molar-refractivity contribution >= 4 is 10.9 Å². The van der Waals surface area contributed by atoms with Crippen molar-refractivity contribution in [2.45, 2.75) is 19.6 Å². The number of rotatable bonds is 8. The Bertz CT molecular complexity index is 1070. The second-order valence-corrected chi connectivity index (χ2v) is 7.16. The van der Waals surface area contributed by atoms with Crippen LogP contribution < -0.4 is 10.1 Å². The fraction of sp³-hybridized carbons (Fsp3) is 0.200. The number of benzene rings is 3. The molecule has 0 aliphatic heterocycles. The maximum absolute atomic E-state index is 14.9. The van der Waals surface area contributed by atoms with Gasteiger partial charge in [0.25, 0.3) is 0 Å². The highest BCUT2D eigenvalue weighted by atomic mass is 19.1. The summed E-state index contributed by atoms with van der Waals surface area (Å²) in [4.78, 5) is 0. The van der Waals surface area contributed by atoms with Gasteiger partial charge in [0, 0.05) is 18.1 Å². The van der Waals surface area contributed by atoms with Crippen molar-refractivity contribution in [3.63, 3.8) is 0 Å². The Kier molecular flexibility index (Phi) is 5.92. The highest BCUT2D eigenvalue weighted by Gasteiger charge is 2.17. The Morgan fingerprint density at radius 3 is 2.28 bits per heavy atom. The van der Waals surface area contributed by atoms with Gasteiger partial charge in [-0.15, -0.1) is 0 Å². The molecule has 0 aliphatic carbocycles. The zero-order valence-electron chi connectivity index (χ0n) is 16.6. The highest BCUT2D eigenvalue weighted by Crippen LogP contribution is 2.34. The molecule has 0 amide bonds. The largest absolute Gasteiger partial charge is 0.488 e. The van der Waals surface area contributed by atoms with Crippen molar-refractivity contribution in [1.82, 2.24) is 9.88 Å². The summed E-state index contributed by atoms with van der Waals surface area (Å²) in [5, 5.41) is 4.06. The molecule has 0 bridgehead atoms. The smallest absolute Gasteiger partial charge is 0.147 e. The Hall–Kier alpha value is -3.11. The molecule has 0 fully saturated rings. The molecule has 0 atom stereocenters. The Morgan fingerprint density at radius 1 is 0.897 bits per heavy atom. The average molecular weight is 388 g/mol. The lowest BCUT2D eigenvalue weighted by atomic mass is 10.1. The van der Waals surface area contributed by atoms with E-state index in [9.17, 15) is 4.39 Å². The molecule has 0 radical (unpaired) electrons. The SMILES string of the molecule is CNCCc1cn(Cc2ccccc2)c2c(F)ccc(OCc3ccccc3)c12. The number of nitrogens with zero attached hydrogens (tertiary/aromatic N) is 1. The molecule has 4 heteroatoms. The lowest BCUT2D eigenvalue weighted by molar-refractivity contribution is 0.309. The Balaban J connectivity index is 1.74. The number of aromatic nitrogens is 1. The van der Waals surface area contributed by atoms with Crippen LogP contribution in [0.5, 0.6) is 5.75 Å². The summed E-state index contributed by atoms with van der Waals surface area (Å²) in [6.07, 6.45) is 2.87. The molecule has 4 rings (SSSR count). The third kappa shape index (κ3) is 4.33. The van der Waals surface area contributed by atoms with Gasteiger partial charge >= 0.3 is 0 Å². The van der Waals surface area contributed by atoms with E-state index in [1.54, 1.807) is 6.07 Å². The lowest BCUT2D eigenvalue weighted by Crippen LogP contribution is -2.10. The lowest BCUT2D eigenvalue weighted by Gasteiger charge is -2.11. The summed E-state index contributed by atoms with van der Waals surface area (Å²) in [6.45, 7) is 1.89. The van der Waals surface area contributed by atoms with Gasteiger partial charge in [-0.3, -0.25) is 0 Å². The minimum absolute atomic E-state index is 0.223. The van der Waals surface area contributed by atoms with E-state index in [-0.39, 0.29) is 5.82 Å². The molecule has 29 heavy (non-hydrogen) atoms. The van der Waals surface area contributed by atoms with Crippen molar-refractivity contribution in [3.05, 3.63) is 102 Å². The molecule has 0 spiro atoms. The minimum atomic E-state index is -0.223. The number of hydrogen-bond donors (Lipinski definition) is 1. The molecule has 3 nitrogen and oxygen atoms in total. The average Bonchev–Trinajstić information content (AvgIpc) is 3.12. The molecule has 1 heterocycles. The van der Waals surface area contributed by atoms with E-state index in [1.807, 2.05) is 60.1 Å². The van der Waals surface area contributed by atoms with Gasteiger partial charge in [0.15, 0.2) is 0 Å². The molecule has 1 N–H and O–H groups in total. The standard InChI is InChI=1S/C25H25FN2O/c1-27-15-14-21-17-28(16-19-8-4-2-5-9-19)25-22(26)12-13-23(24(21)25)29-18-20-10-6-3-7-11-20/h2-13,17,27H,14-16,18H2,1H3. The number of nitrogens with one attached hydrogen (secondary N) is 1. The number of hydrogen-bond acceptors (Lipinski definition) is 2. The van der Waals surface area contributed by atoms with Gasteiger partial charge < -0.3 is 14.6 Å². The molecular formula is C25H25FN2O. The van der Waals surface area contributed by atoms with Crippen LogP contribution in [-0.4, -0.2) is 18.2 Å². The van der Waals surface area contributed by atoms with Crippen LogP contribution >= 0.6 is 0 Å². The van der Waals surface area contributed by atoms with E-state index in [2.05, 4.69) is 23.6 Å². The summed E-state index contributed by atoms with van der Waals surface area (Å²) < 4.78 is 23.1. The van der Waals surface area contributed by atoms with Gasteiger partial charge in [-0.25, -0.2) is 4.39 Å². The van der Waals surface area contributed by atoms with Gasteiger partial charge in [0.2, 0.25) is 0 Å². The van der Waals surface area contributed by atoms with Gasteiger partial charge in [-0.05, 0) is 48.8 Å². The van der Waals surface area contributed by atoms with Crippen LogP contribution in [0.3, 0.4) is 0 Å². The number of ether oxygens (including phenoxy) is 1. The second-order valence-electron chi connectivity index (χ2n) is 7.16. The van der Waals surface area contributed by atoms with Crippen molar-refractivity contribution in [1.29, 1.82) is 0 Å². The fourth-order valence-electron chi connectivity index (χ4n) is 3.67. The first kappa shape index (κ1) is 19.2. The van der Waals surface area contributed by atoms with Crippen LogP contribution in [-0.2, 0) is 19.6 Å². The highest BCUT2D eigenvalue weighted by molar-refractivity contribution is 5.90. The first-order valence-corrected chi connectivity index (χ1v) is 9.91. The summed E-state index contributed by atoms with van der Waals surface area (Å²) in [5.41, 5.74) is 3.92. The molecule has 1 aromatic heterocycles. The van der Waals surface area contributed by atoms with E-state index in [4.69, 9.17) is 4.74 Å². The van der Waals surface area contributed by atoms with Crippen LogP contribution in [0.1, 0.15) is 16.7 Å². The third-order valence-electron chi connectivity index (χ3n) is 5.09. The quantitative estimate of drug-likeness (QED) is 0.451. The van der Waals surface area contributed by atoms with Crippen LogP contribution in [0.15, 0.2) is 79.0 Å². The topological polar surface area (TPSA) is 26.2 Å². The van der Waals surface area contributed by atoms with E-state index in [0.717, 1.165) is 40.8 Å². The molecule has 4 aromatic rings. The third-order valence-corrected chi connectivity index (χ3v) is 5.09. The molecule has 148 valence electrons. The van der Waals surface area contributed by atoms with Crippen molar-refractivity contribution in [3.8, 4) is 5.75 Å². The zero-order chi connectivity index (χ0) is 20.1. The molecule has 3 aromatic carbocycles. The van der Waals surface area contributed by atoms with Crippen LogP contribution in [0, 0.1) is 5.82 Å². The monoisotopic (exact) mass is 388 g/mol. The van der Waals surface area contributed by atoms with Gasteiger partial charge in [0.05, 0.1) is 5.52 Å². The molecule has 0 unspecified atom stereocenters. The zero-order valence-corrected chi connectivity index (χ0v) is 16.6. The van der Waals surface area contributed by atoms with Gasteiger partial charge in [-0.1, -0.05) is 60.7 Å². The predicted octanol–water partition coefficient (Wildman–Crippen LogP) is 5.17. The van der Waals surface area contributed by atoms with Crippen LogP contribution in [0.4, 0.5) is 4.39 Å².